The molecule has 1 aromatic carbocycles. The maximum atomic E-state index is 12.8. The lowest BCUT2D eigenvalue weighted by Gasteiger charge is -2.27. The number of hydrogen-bond acceptors (Lipinski definition) is 6. The number of carbonyl (C=O) groups is 2. The fourth-order valence-corrected chi connectivity index (χ4v) is 5.88. The van der Waals surface area contributed by atoms with Gasteiger partial charge in [0.2, 0.25) is 5.91 Å². The molecule has 2 aromatic rings. The van der Waals surface area contributed by atoms with Crippen molar-refractivity contribution in [2.24, 2.45) is 0 Å². The fraction of sp³-hybridized carbons (Fsp3) is 0.474. The first-order valence-electron chi connectivity index (χ1n) is 9.12. The molecule has 158 valence electrons. The topological polar surface area (TPSA) is 92.8 Å². The van der Waals surface area contributed by atoms with Crippen molar-refractivity contribution in [2.75, 3.05) is 6.54 Å². The molecule has 1 aliphatic heterocycles. The van der Waals surface area contributed by atoms with Gasteiger partial charge in [-0.25, -0.2) is 13.2 Å². The van der Waals surface area contributed by atoms with Crippen molar-refractivity contribution in [1.82, 2.24) is 9.62 Å². The predicted molar refractivity (Wildman–Crippen MR) is 113 cm³/mol. The number of sulfonamides is 1. The Morgan fingerprint density at radius 3 is 2.69 bits per heavy atom. The number of nitrogens with one attached hydrogen (secondary N) is 1. The van der Waals surface area contributed by atoms with Crippen molar-refractivity contribution < 1.29 is 22.7 Å². The molecular weight excluding hydrogens is 436 g/mol. The molecule has 3 rings (SSSR count). The molecule has 0 spiro atoms. The number of benzene rings is 1. The third-order valence-electron chi connectivity index (χ3n) is 4.47. The zero-order valence-corrected chi connectivity index (χ0v) is 19.0. The van der Waals surface area contributed by atoms with Crippen molar-refractivity contribution in [3.63, 3.8) is 0 Å². The summed E-state index contributed by atoms with van der Waals surface area (Å²) in [5, 5.41) is 1.24. The quantitative estimate of drug-likeness (QED) is 0.694. The van der Waals surface area contributed by atoms with Gasteiger partial charge in [0, 0.05) is 16.3 Å². The van der Waals surface area contributed by atoms with E-state index in [2.05, 4.69) is 4.72 Å². The highest BCUT2D eigenvalue weighted by atomic mass is 35.5. The van der Waals surface area contributed by atoms with Gasteiger partial charge in [-0.15, -0.1) is 11.3 Å². The van der Waals surface area contributed by atoms with Gasteiger partial charge < -0.3 is 9.64 Å². The second kappa shape index (κ2) is 7.86. The van der Waals surface area contributed by atoms with E-state index in [9.17, 15) is 18.0 Å². The number of likely N-dealkylation sites (tertiary alicyclic amines) is 1. The maximum Gasteiger partial charge on any atom is 0.329 e. The van der Waals surface area contributed by atoms with E-state index < -0.39 is 39.6 Å². The Bertz CT molecular complexity index is 1060. The Labute approximate surface area is 179 Å². The molecule has 0 bridgehead atoms. The lowest BCUT2D eigenvalue weighted by atomic mass is 10.2. The van der Waals surface area contributed by atoms with Gasteiger partial charge in [-0.2, -0.15) is 4.72 Å². The maximum absolute atomic E-state index is 12.8. The molecule has 0 saturated carbocycles. The van der Waals surface area contributed by atoms with E-state index >= 15 is 0 Å². The summed E-state index contributed by atoms with van der Waals surface area (Å²) in [6.45, 7) is 7.10. The third-order valence-corrected chi connectivity index (χ3v) is 7.77. The number of fused-ring (bicyclic) bond motifs is 1. The molecule has 2 heterocycles. The first-order chi connectivity index (χ1) is 13.4. The standard InChI is InChI=1S/C19H23ClN2O5S2/c1-11(18(24)27-19(2,3)4)22-8-7-14(17(22)23)21-29(25,26)16-10-12-9-13(20)5-6-15(12)28-16/h5-6,9-11,14,21H,7-8H2,1-4H3/t11-,14-/m0/s1. The number of thiophene rings is 1. The molecule has 29 heavy (non-hydrogen) atoms. The van der Waals surface area contributed by atoms with Crippen molar-refractivity contribution in [3.05, 3.63) is 29.3 Å². The van der Waals surface area contributed by atoms with Gasteiger partial charge in [-0.3, -0.25) is 4.79 Å². The van der Waals surface area contributed by atoms with Gasteiger partial charge in [0.25, 0.3) is 10.0 Å². The number of carbonyl (C=O) groups excluding carboxylic acids is 2. The third kappa shape index (κ3) is 4.91. The van der Waals surface area contributed by atoms with E-state index in [1.165, 1.54) is 11.0 Å². The minimum atomic E-state index is -3.89. The van der Waals surface area contributed by atoms with Crippen LogP contribution in [0.1, 0.15) is 34.1 Å². The van der Waals surface area contributed by atoms with Crippen LogP contribution in [0.15, 0.2) is 28.5 Å². The smallest absolute Gasteiger partial charge is 0.329 e. The Kier molecular flexibility index (Phi) is 5.97. The summed E-state index contributed by atoms with van der Waals surface area (Å²) in [6.07, 6.45) is 0.280. The molecule has 0 unspecified atom stereocenters. The minimum absolute atomic E-state index is 0.112. The van der Waals surface area contributed by atoms with Gasteiger partial charge in [-0.1, -0.05) is 11.6 Å². The van der Waals surface area contributed by atoms with Crippen molar-refractivity contribution >= 4 is 54.9 Å². The molecular formula is C19H23ClN2O5S2. The Morgan fingerprint density at radius 1 is 1.34 bits per heavy atom. The number of ether oxygens (including phenoxy) is 1. The van der Waals surface area contributed by atoms with E-state index in [1.54, 1.807) is 45.9 Å². The molecule has 10 heteroatoms. The van der Waals surface area contributed by atoms with Crippen LogP contribution < -0.4 is 4.72 Å². The van der Waals surface area contributed by atoms with Crippen LogP contribution in [-0.4, -0.2) is 49.4 Å². The van der Waals surface area contributed by atoms with Crippen LogP contribution in [0.3, 0.4) is 0 Å². The zero-order chi connectivity index (χ0) is 21.6. The first-order valence-corrected chi connectivity index (χ1v) is 11.8. The van der Waals surface area contributed by atoms with Crippen LogP contribution in [0.2, 0.25) is 5.02 Å². The molecule has 0 radical (unpaired) electrons. The minimum Gasteiger partial charge on any atom is -0.458 e. The molecule has 7 nitrogen and oxygen atoms in total. The number of nitrogens with zero attached hydrogens (tertiary/aromatic N) is 1. The van der Waals surface area contributed by atoms with Gasteiger partial charge in [0.1, 0.15) is 21.9 Å². The first kappa shape index (κ1) is 22.0. The number of rotatable bonds is 5. The highest BCUT2D eigenvalue weighted by Gasteiger charge is 2.40. The lowest BCUT2D eigenvalue weighted by molar-refractivity contribution is -0.163. The SMILES string of the molecule is C[C@@H](C(=O)OC(C)(C)C)N1CC[C@H](NS(=O)(=O)c2cc3cc(Cl)ccc3s2)C1=O. The van der Waals surface area contributed by atoms with E-state index in [-0.39, 0.29) is 17.2 Å². The van der Waals surface area contributed by atoms with Crippen LogP contribution in [0, 0.1) is 0 Å². The number of halogens is 1. The molecule has 1 saturated heterocycles. The second-order valence-corrected chi connectivity index (χ2v) is 11.4. The molecule has 1 N–H and O–H groups in total. The van der Waals surface area contributed by atoms with Crippen LogP contribution in [0.4, 0.5) is 0 Å². The lowest BCUT2D eigenvalue weighted by Crippen LogP contribution is -2.47. The predicted octanol–water partition coefficient (Wildman–Crippen LogP) is 3.16. The summed E-state index contributed by atoms with van der Waals surface area (Å²) >= 11 is 7.07. The van der Waals surface area contributed by atoms with E-state index in [0.29, 0.717) is 5.02 Å². The van der Waals surface area contributed by atoms with Crippen molar-refractivity contribution in [2.45, 2.75) is 56.0 Å². The molecule has 1 aromatic heterocycles. The van der Waals surface area contributed by atoms with Gasteiger partial charge >= 0.3 is 5.97 Å². The summed E-state index contributed by atoms with van der Waals surface area (Å²) in [4.78, 5) is 26.3. The van der Waals surface area contributed by atoms with Gasteiger partial charge in [0.15, 0.2) is 0 Å². The second-order valence-electron chi connectivity index (χ2n) is 7.95. The average Bonchev–Trinajstić information content (AvgIpc) is 3.17. The van der Waals surface area contributed by atoms with Crippen molar-refractivity contribution in [1.29, 1.82) is 0 Å². The van der Waals surface area contributed by atoms with Crippen LogP contribution in [-0.2, 0) is 24.3 Å². The Balaban J connectivity index is 1.73. The summed E-state index contributed by atoms with van der Waals surface area (Å²) < 4.78 is 34.3. The molecule has 1 amide bonds. The van der Waals surface area contributed by atoms with E-state index in [4.69, 9.17) is 16.3 Å². The van der Waals surface area contributed by atoms with Crippen molar-refractivity contribution in [3.8, 4) is 0 Å². The highest BCUT2D eigenvalue weighted by molar-refractivity contribution is 7.91. The molecule has 1 fully saturated rings. The summed E-state index contributed by atoms with van der Waals surface area (Å²) in [5.74, 6) is -0.952. The largest absolute Gasteiger partial charge is 0.458 e. The molecule has 0 aliphatic carbocycles. The van der Waals surface area contributed by atoms with Crippen LogP contribution in [0.5, 0.6) is 0 Å². The van der Waals surface area contributed by atoms with E-state index in [1.807, 2.05) is 0 Å². The fourth-order valence-electron chi connectivity index (χ4n) is 3.08. The Hall–Kier alpha value is -1.68. The summed E-state index contributed by atoms with van der Waals surface area (Å²) in [7, 11) is -3.89. The van der Waals surface area contributed by atoms with Crippen LogP contribution in [0.25, 0.3) is 10.1 Å². The number of esters is 1. The molecule has 1 aliphatic rings. The summed E-state index contributed by atoms with van der Waals surface area (Å²) in [5.41, 5.74) is -0.667. The van der Waals surface area contributed by atoms with E-state index in [0.717, 1.165) is 21.4 Å². The number of amides is 1. The van der Waals surface area contributed by atoms with Crippen LogP contribution >= 0.6 is 22.9 Å². The number of hydrogen-bond donors (Lipinski definition) is 1. The normalized spacial score (nSPS) is 19.0. The zero-order valence-electron chi connectivity index (χ0n) is 16.6. The van der Waals surface area contributed by atoms with Gasteiger partial charge in [0.05, 0.1) is 0 Å². The Morgan fingerprint density at radius 2 is 2.03 bits per heavy atom. The highest BCUT2D eigenvalue weighted by Crippen LogP contribution is 2.31. The van der Waals surface area contributed by atoms with Gasteiger partial charge in [-0.05, 0) is 63.8 Å². The molecule has 2 atom stereocenters. The monoisotopic (exact) mass is 458 g/mol. The summed E-state index contributed by atoms with van der Waals surface area (Å²) in [6, 6.07) is 4.97. The average molecular weight is 459 g/mol.